The van der Waals surface area contributed by atoms with Crippen LogP contribution in [0.15, 0.2) is 16.6 Å². The van der Waals surface area contributed by atoms with E-state index < -0.39 is 0 Å². The van der Waals surface area contributed by atoms with Crippen LogP contribution in [-0.4, -0.2) is 31.5 Å². The molecular formula is C10H14BrNO3. The van der Waals surface area contributed by atoms with Gasteiger partial charge in [0.25, 0.3) is 0 Å². The first-order chi connectivity index (χ1) is 7.10. The Morgan fingerprint density at radius 1 is 1.33 bits per heavy atom. The van der Waals surface area contributed by atoms with Crippen LogP contribution in [0.2, 0.25) is 0 Å². The number of halogens is 1. The zero-order valence-electron chi connectivity index (χ0n) is 8.95. The number of methoxy groups -OCH3 is 2. The fraction of sp³-hybridized carbons (Fsp3) is 0.400. The van der Waals surface area contributed by atoms with Crippen LogP contribution in [0.4, 0.5) is 0 Å². The second kappa shape index (κ2) is 5.34. The number of ether oxygens (including phenoxy) is 2. The molecule has 0 amide bonds. The predicted molar refractivity (Wildman–Crippen MR) is 60.5 cm³/mol. The molecular weight excluding hydrogens is 262 g/mol. The lowest BCUT2D eigenvalue weighted by Gasteiger charge is -2.14. The number of benzene rings is 1. The monoisotopic (exact) mass is 275 g/mol. The molecule has 0 aliphatic heterocycles. The summed E-state index contributed by atoms with van der Waals surface area (Å²) in [4.78, 5) is 0. The Kier molecular flexibility index (Phi) is 4.38. The molecule has 15 heavy (non-hydrogen) atoms. The maximum Gasteiger partial charge on any atom is 0.175 e. The molecule has 0 aliphatic rings. The number of nitrogens with zero attached hydrogens (tertiary/aromatic N) is 1. The van der Waals surface area contributed by atoms with Crippen LogP contribution in [0.5, 0.6) is 11.5 Å². The van der Waals surface area contributed by atoms with E-state index in [1.54, 1.807) is 21.3 Å². The summed E-state index contributed by atoms with van der Waals surface area (Å²) in [5, 5.41) is 10.3. The van der Waals surface area contributed by atoms with E-state index in [2.05, 4.69) is 15.9 Å². The molecule has 0 radical (unpaired) electrons. The van der Waals surface area contributed by atoms with Crippen molar-refractivity contribution in [2.45, 2.75) is 6.54 Å². The summed E-state index contributed by atoms with van der Waals surface area (Å²) in [6.45, 7) is 0.418. The van der Waals surface area contributed by atoms with Crippen molar-refractivity contribution >= 4 is 15.9 Å². The topological polar surface area (TPSA) is 41.9 Å². The largest absolute Gasteiger partial charge is 0.493 e. The fourth-order valence-corrected chi connectivity index (χ4v) is 1.91. The molecule has 4 nitrogen and oxygen atoms in total. The highest BCUT2D eigenvalue weighted by Crippen LogP contribution is 2.37. The number of hydroxylamine groups is 2. The highest BCUT2D eigenvalue weighted by molar-refractivity contribution is 9.10. The van der Waals surface area contributed by atoms with Gasteiger partial charge in [0, 0.05) is 13.6 Å². The molecule has 0 fully saturated rings. The van der Waals surface area contributed by atoms with Gasteiger partial charge in [-0.25, -0.2) is 0 Å². The van der Waals surface area contributed by atoms with E-state index in [1.807, 2.05) is 12.1 Å². The first-order valence-electron chi connectivity index (χ1n) is 4.39. The van der Waals surface area contributed by atoms with Crippen molar-refractivity contribution in [2.24, 2.45) is 0 Å². The summed E-state index contributed by atoms with van der Waals surface area (Å²) in [7, 11) is 4.75. The van der Waals surface area contributed by atoms with Crippen molar-refractivity contribution in [1.29, 1.82) is 0 Å². The normalized spacial score (nSPS) is 10.5. The van der Waals surface area contributed by atoms with Crippen LogP contribution < -0.4 is 9.47 Å². The second-order valence-electron chi connectivity index (χ2n) is 3.09. The third-order valence-electron chi connectivity index (χ3n) is 1.96. The molecule has 0 saturated carbocycles. The van der Waals surface area contributed by atoms with Gasteiger partial charge >= 0.3 is 0 Å². The van der Waals surface area contributed by atoms with Gasteiger partial charge in [-0.2, -0.15) is 5.06 Å². The van der Waals surface area contributed by atoms with Crippen molar-refractivity contribution in [1.82, 2.24) is 5.06 Å². The average molecular weight is 276 g/mol. The first kappa shape index (κ1) is 12.3. The summed E-state index contributed by atoms with van der Waals surface area (Å²) >= 11 is 3.42. The molecule has 1 aromatic carbocycles. The van der Waals surface area contributed by atoms with Gasteiger partial charge in [0.2, 0.25) is 0 Å². The van der Waals surface area contributed by atoms with Crippen LogP contribution in [0.3, 0.4) is 0 Å². The lowest BCUT2D eigenvalue weighted by atomic mass is 10.2. The molecule has 0 bridgehead atoms. The van der Waals surface area contributed by atoms with Crippen LogP contribution >= 0.6 is 15.9 Å². The van der Waals surface area contributed by atoms with Crippen molar-refractivity contribution in [2.75, 3.05) is 21.3 Å². The molecule has 1 aromatic rings. The lowest BCUT2D eigenvalue weighted by Crippen LogP contribution is -2.12. The number of hydrogen-bond acceptors (Lipinski definition) is 4. The SMILES string of the molecule is COc1ccc(CN(C)O)c(Br)c1OC. The van der Waals surface area contributed by atoms with Crippen LogP contribution in [0.1, 0.15) is 5.56 Å². The van der Waals surface area contributed by atoms with E-state index in [4.69, 9.17) is 14.7 Å². The van der Waals surface area contributed by atoms with E-state index in [9.17, 15) is 0 Å². The van der Waals surface area contributed by atoms with Gasteiger partial charge in [-0.05, 0) is 27.6 Å². The van der Waals surface area contributed by atoms with E-state index in [0.29, 0.717) is 18.0 Å². The lowest BCUT2D eigenvalue weighted by molar-refractivity contribution is -0.0733. The molecule has 1 N–H and O–H groups in total. The van der Waals surface area contributed by atoms with Gasteiger partial charge < -0.3 is 14.7 Å². The zero-order chi connectivity index (χ0) is 11.4. The van der Waals surface area contributed by atoms with E-state index >= 15 is 0 Å². The summed E-state index contributed by atoms with van der Waals surface area (Å²) in [6.07, 6.45) is 0. The smallest absolute Gasteiger partial charge is 0.175 e. The van der Waals surface area contributed by atoms with Gasteiger partial charge in [0.15, 0.2) is 11.5 Å². The Labute approximate surface area is 97.5 Å². The fourth-order valence-electron chi connectivity index (χ4n) is 1.30. The van der Waals surface area contributed by atoms with Gasteiger partial charge in [-0.1, -0.05) is 6.07 Å². The molecule has 5 heteroatoms. The van der Waals surface area contributed by atoms with Crippen molar-refractivity contribution in [3.05, 3.63) is 22.2 Å². The minimum absolute atomic E-state index is 0.418. The van der Waals surface area contributed by atoms with Crippen LogP contribution in [-0.2, 0) is 6.54 Å². The van der Waals surface area contributed by atoms with Gasteiger partial charge in [-0.15, -0.1) is 0 Å². The van der Waals surface area contributed by atoms with Gasteiger partial charge in [0.05, 0.1) is 18.7 Å². The Morgan fingerprint density at radius 2 is 2.00 bits per heavy atom. The average Bonchev–Trinajstić information content (AvgIpc) is 2.20. The molecule has 0 saturated heterocycles. The number of rotatable bonds is 4. The maximum atomic E-state index is 9.16. The molecule has 0 aliphatic carbocycles. The van der Waals surface area contributed by atoms with Crippen molar-refractivity contribution in [3.8, 4) is 11.5 Å². The van der Waals surface area contributed by atoms with Crippen molar-refractivity contribution < 1.29 is 14.7 Å². The van der Waals surface area contributed by atoms with Crippen LogP contribution in [0.25, 0.3) is 0 Å². The van der Waals surface area contributed by atoms with Crippen LogP contribution in [0, 0.1) is 0 Å². The van der Waals surface area contributed by atoms with Crippen molar-refractivity contribution in [3.63, 3.8) is 0 Å². The summed E-state index contributed by atoms with van der Waals surface area (Å²) in [5.41, 5.74) is 0.928. The Balaban J connectivity index is 3.11. The van der Waals surface area contributed by atoms with E-state index in [1.165, 1.54) is 0 Å². The third kappa shape index (κ3) is 2.84. The van der Waals surface area contributed by atoms with E-state index in [0.717, 1.165) is 15.1 Å². The van der Waals surface area contributed by atoms with Gasteiger partial charge in [-0.3, -0.25) is 0 Å². The minimum atomic E-state index is 0.418. The molecule has 1 rings (SSSR count). The quantitative estimate of drug-likeness (QED) is 0.857. The van der Waals surface area contributed by atoms with E-state index in [-0.39, 0.29) is 0 Å². The maximum absolute atomic E-state index is 9.16. The Morgan fingerprint density at radius 3 is 2.47 bits per heavy atom. The summed E-state index contributed by atoms with van der Waals surface area (Å²) in [5.74, 6) is 1.30. The Hall–Kier alpha value is -0.780. The molecule has 0 aromatic heterocycles. The molecule has 0 heterocycles. The first-order valence-corrected chi connectivity index (χ1v) is 5.18. The zero-order valence-corrected chi connectivity index (χ0v) is 10.5. The third-order valence-corrected chi connectivity index (χ3v) is 2.83. The molecule has 0 unspecified atom stereocenters. The highest BCUT2D eigenvalue weighted by Gasteiger charge is 2.12. The number of hydrogen-bond donors (Lipinski definition) is 1. The Bertz CT molecular complexity index is 342. The summed E-state index contributed by atoms with van der Waals surface area (Å²) in [6, 6.07) is 3.68. The summed E-state index contributed by atoms with van der Waals surface area (Å²) < 4.78 is 11.2. The predicted octanol–water partition coefficient (Wildman–Crippen LogP) is 2.29. The molecule has 0 atom stereocenters. The standard InChI is InChI=1S/C10H14BrNO3/c1-12(13)6-7-4-5-8(14-2)10(15-3)9(7)11/h4-5,13H,6H2,1-3H3. The second-order valence-corrected chi connectivity index (χ2v) is 3.88. The minimum Gasteiger partial charge on any atom is -0.493 e. The highest BCUT2D eigenvalue weighted by atomic mass is 79.9. The van der Waals surface area contributed by atoms with Gasteiger partial charge in [0.1, 0.15) is 0 Å². The molecule has 84 valence electrons. The molecule has 0 spiro atoms.